The second-order valence-corrected chi connectivity index (χ2v) is 12.0. The summed E-state index contributed by atoms with van der Waals surface area (Å²) in [5.41, 5.74) is 5.55. The van der Waals surface area contributed by atoms with Crippen molar-refractivity contribution in [3.8, 4) is 62.0 Å². The summed E-state index contributed by atoms with van der Waals surface area (Å²) in [7, 11) is 0. The van der Waals surface area contributed by atoms with Crippen LogP contribution in [0.4, 0.5) is 0 Å². The van der Waals surface area contributed by atoms with E-state index in [-0.39, 0.29) is 42.1 Å². The summed E-state index contributed by atoms with van der Waals surface area (Å²) < 4.78 is 14.5. The minimum Gasteiger partial charge on any atom is -0.503 e. The van der Waals surface area contributed by atoms with Crippen LogP contribution in [0.5, 0.6) is 23.0 Å². The van der Waals surface area contributed by atoms with Gasteiger partial charge in [-0.1, -0.05) is 47.4 Å². The van der Waals surface area contributed by atoms with Crippen molar-refractivity contribution >= 4 is 33.1 Å². The van der Waals surface area contributed by atoms with Gasteiger partial charge < -0.3 is 24.0 Å². The van der Waals surface area contributed by atoms with Crippen LogP contribution in [-0.4, -0.2) is 29.5 Å². The van der Waals surface area contributed by atoms with Crippen molar-refractivity contribution in [3.63, 3.8) is 0 Å². The molecule has 254 valence electrons. The molecule has 52 heavy (non-hydrogen) atoms. The summed E-state index contributed by atoms with van der Waals surface area (Å²) in [6.07, 6.45) is 8.83. The van der Waals surface area contributed by atoms with E-state index in [1.165, 1.54) is 11.3 Å². The minimum atomic E-state index is 0. The number of nitrogens with zero attached hydrogens (tertiary/aromatic N) is 6. The number of fused-ring (bicyclic) bond motifs is 3. The van der Waals surface area contributed by atoms with E-state index < -0.39 is 0 Å². The van der Waals surface area contributed by atoms with Crippen LogP contribution >= 0.6 is 11.3 Å². The Balaban J connectivity index is 0.00000210. The Kier molecular flexibility index (Phi) is 10.5. The summed E-state index contributed by atoms with van der Waals surface area (Å²) in [5, 5.41) is 4.63. The zero-order valence-corrected chi connectivity index (χ0v) is 32.1. The van der Waals surface area contributed by atoms with Crippen molar-refractivity contribution in [2.75, 3.05) is 0 Å². The van der Waals surface area contributed by atoms with Crippen LogP contribution in [0.2, 0.25) is 0 Å². The van der Waals surface area contributed by atoms with Gasteiger partial charge in [-0.05, 0) is 23.5 Å². The van der Waals surface area contributed by atoms with Crippen molar-refractivity contribution in [2.45, 2.75) is 0 Å². The maximum Gasteiger partial charge on any atom is 2.00 e. The Morgan fingerprint density at radius 3 is 1.52 bits per heavy atom. The summed E-state index contributed by atoms with van der Waals surface area (Å²) in [6.45, 7) is 0. The van der Waals surface area contributed by atoms with Gasteiger partial charge in [0.2, 0.25) is 5.95 Å². The van der Waals surface area contributed by atoms with Crippen LogP contribution < -0.4 is 9.47 Å². The number of thiazole rings is 1. The van der Waals surface area contributed by atoms with Crippen molar-refractivity contribution in [3.05, 3.63) is 158 Å². The predicted molar refractivity (Wildman–Crippen MR) is 192 cm³/mol. The second kappa shape index (κ2) is 15.5. The molecule has 0 aliphatic rings. The Morgan fingerprint density at radius 2 is 1.04 bits per heavy atom. The minimum absolute atomic E-state index is 0. The number of hydrogen-bond acceptors (Lipinski definition) is 8. The van der Waals surface area contributed by atoms with Crippen LogP contribution in [0.3, 0.4) is 0 Å². The van der Waals surface area contributed by atoms with Crippen LogP contribution in [0.25, 0.3) is 60.8 Å². The molecule has 0 saturated heterocycles. The molecule has 5 aromatic heterocycles. The van der Waals surface area contributed by atoms with Crippen LogP contribution in [0, 0.1) is 24.3 Å². The summed E-state index contributed by atoms with van der Waals surface area (Å²) >= 11 is 1.53. The molecule has 0 fully saturated rings. The third-order valence-electron chi connectivity index (χ3n) is 7.91. The standard InChI is InChI=1S/C41H22N6O2S.2Pt/c1-3-17-42-36(11-1)27-7-5-9-30(21-27)48-32-13-15-34-35-16-14-33(49-31-10-6-8-28(22-31)37-12-2-4-18-43-37)24-39(35)47(38(34)23-32)41-45-25-29(26-46-41)40-44-19-20-50-40;;/h1-20,25-26H;;/q-4;2*+2. The molecule has 0 aliphatic heterocycles. The van der Waals surface area contributed by atoms with Crippen molar-refractivity contribution in [2.24, 2.45) is 0 Å². The number of aromatic nitrogens is 6. The Bertz CT molecular complexity index is 2460. The van der Waals surface area contributed by atoms with Crippen LogP contribution in [0.1, 0.15) is 0 Å². The molecule has 9 aromatic rings. The van der Waals surface area contributed by atoms with Gasteiger partial charge in [0.1, 0.15) is 5.01 Å². The van der Waals surface area contributed by atoms with Crippen molar-refractivity contribution in [1.29, 1.82) is 0 Å². The van der Waals surface area contributed by atoms with Gasteiger partial charge in [-0.25, -0.2) is 15.0 Å². The molecule has 9 rings (SSSR count). The van der Waals surface area contributed by atoms with E-state index in [9.17, 15) is 0 Å². The average molecular weight is 1050 g/mol. The molecule has 4 aromatic carbocycles. The normalized spacial score (nSPS) is 10.8. The molecule has 11 heteroatoms. The van der Waals surface area contributed by atoms with Gasteiger partial charge in [0.15, 0.2) is 0 Å². The third-order valence-corrected chi connectivity index (χ3v) is 8.73. The SMILES string of the molecule is [Pt+2].[Pt+2].[c-]1c(Oc2[c-]c3c(cc2)c2ccc(Oc4[c-]c(-c5ccccn5)ccc4)[c-]c2n3-c2ncc(-c3nccs3)cn2)cccc1-c1ccccn1. The fourth-order valence-corrected chi connectivity index (χ4v) is 6.27. The Labute approximate surface area is 331 Å². The fourth-order valence-electron chi connectivity index (χ4n) is 5.65. The molecule has 0 saturated carbocycles. The molecular formula is C41H22N6O2Pt2S. The summed E-state index contributed by atoms with van der Waals surface area (Å²) in [4.78, 5) is 22.8. The van der Waals surface area contributed by atoms with Crippen molar-refractivity contribution < 1.29 is 51.6 Å². The van der Waals surface area contributed by atoms with Gasteiger partial charge in [-0.15, -0.1) is 83.1 Å². The molecule has 0 amide bonds. The molecule has 0 aliphatic carbocycles. The number of rotatable bonds is 8. The van der Waals surface area contributed by atoms with Gasteiger partial charge in [-0.3, -0.25) is 0 Å². The number of hydrogen-bond donors (Lipinski definition) is 0. The first-order valence-corrected chi connectivity index (χ1v) is 16.5. The van der Waals surface area contributed by atoms with E-state index in [0.29, 0.717) is 28.9 Å². The smallest absolute Gasteiger partial charge is 0.503 e. The van der Waals surface area contributed by atoms with Gasteiger partial charge >= 0.3 is 42.1 Å². The van der Waals surface area contributed by atoms with E-state index in [0.717, 1.165) is 54.9 Å². The molecule has 8 nitrogen and oxygen atoms in total. The van der Waals surface area contributed by atoms with Crippen LogP contribution in [-0.2, 0) is 42.1 Å². The van der Waals surface area contributed by atoms with E-state index >= 15 is 0 Å². The molecule has 0 N–H and O–H groups in total. The van der Waals surface area contributed by atoms with Gasteiger partial charge in [-0.2, -0.15) is 22.9 Å². The first-order valence-electron chi connectivity index (χ1n) is 15.6. The topological polar surface area (TPSA) is 87.8 Å². The molecule has 0 atom stereocenters. The van der Waals surface area contributed by atoms with E-state index in [2.05, 4.69) is 39.2 Å². The number of pyridine rings is 2. The third kappa shape index (κ3) is 7.08. The molecule has 0 spiro atoms. The van der Waals surface area contributed by atoms with E-state index in [4.69, 9.17) is 19.4 Å². The quantitative estimate of drug-likeness (QED) is 0.140. The summed E-state index contributed by atoms with van der Waals surface area (Å²) in [6, 6.07) is 44.4. The molecule has 5 heterocycles. The second-order valence-electron chi connectivity index (χ2n) is 11.1. The zero-order valence-electron chi connectivity index (χ0n) is 26.7. The van der Waals surface area contributed by atoms with Gasteiger partial charge in [0, 0.05) is 64.9 Å². The zero-order chi connectivity index (χ0) is 33.3. The molecule has 0 bridgehead atoms. The summed E-state index contributed by atoms with van der Waals surface area (Å²) in [5.74, 6) is 2.55. The van der Waals surface area contributed by atoms with Gasteiger partial charge in [0.25, 0.3) is 0 Å². The first kappa shape index (κ1) is 35.1. The van der Waals surface area contributed by atoms with Crippen molar-refractivity contribution in [1.82, 2.24) is 29.5 Å². The maximum absolute atomic E-state index is 6.31. The average Bonchev–Trinajstić information content (AvgIpc) is 3.83. The first-order chi connectivity index (χ1) is 24.7. The van der Waals surface area contributed by atoms with Gasteiger partial charge in [0.05, 0.1) is 0 Å². The predicted octanol–water partition coefficient (Wildman–Crippen LogP) is 9.60. The van der Waals surface area contributed by atoms with Crippen LogP contribution in [0.15, 0.2) is 133 Å². The Morgan fingerprint density at radius 1 is 0.500 bits per heavy atom. The van der Waals surface area contributed by atoms with E-state index in [1.807, 2.05) is 107 Å². The number of benzene rings is 4. The number of ether oxygens (including phenoxy) is 2. The largest absolute Gasteiger partial charge is 2.00 e. The fraction of sp³-hybridized carbons (Fsp3) is 0. The molecule has 0 radical (unpaired) electrons. The Hall–Kier alpha value is -5.33. The monoisotopic (exact) mass is 1050 g/mol. The maximum atomic E-state index is 6.31. The molecule has 0 unspecified atom stereocenters. The molecular weight excluding hydrogens is 1030 g/mol. The van der Waals surface area contributed by atoms with E-state index in [1.54, 1.807) is 31.0 Å².